The average Bonchev–Trinajstić information content (AvgIpc) is 2.77. The smallest absolute Gasteiger partial charge is 0.335 e. The number of rotatable bonds is 13. The molecular formula is C27H38O5Si. The van der Waals surface area contributed by atoms with E-state index in [0.29, 0.717) is 36.7 Å². The summed E-state index contributed by atoms with van der Waals surface area (Å²) in [5, 5.41) is 0. The molecule has 0 aliphatic carbocycles. The fraction of sp³-hybridized carbons (Fsp3) is 0.481. The van der Waals surface area contributed by atoms with Crippen molar-refractivity contribution in [1.82, 2.24) is 0 Å². The van der Waals surface area contributed by atoms with Crippen LogP contribution in [-0.4, -0.2) is 39.9 Å². The molecule has 0 atom stereocenters. The molecule has 180 valence electrons. The molecule has 0 spiro atoms. The quantitative estimate of drug-likeness (QED) is 0.148. The molecule has 0 aliphatic rings. The van der Waals surface area contributed by atoms with Gasteiger partial charge in [0.05, 0.1) is 13.0 Å². The molecule has 0 amide bonds. The molecule has 0 radical (unpaired) electrons. The van der Waals surface area contributed by atoms with E-state index in [0.717, 1.165) is 18.0 Å². The first kappa shape index (κ1) is 27.0. The van der Waals surface area contributed by atoms with E-state index in [-0.39, 0.29) is 23.4 Å². The third kappa shape index (κ3) is 8.54. The highest BCUT2D eigenvalue weighted by atomic mass is 28.4. The predicted molar refractivity (Wildman–Crippen MR) is 135 cm³/mol. The first-order chi connectivity index (χ1) is 15.6. The van der Waals surface area contributed by atoms with E-state index in [4.69, 9.17) is 13.6 Å². The van der Waals surface area contributed by atoms with Gasteiger partial charge in [0.1, 0.15) is 5.75 Å². The van der Waals surface area contributed by atoms with Crippen molar-refractivity contribution in [1.29, 1.82) is 0 Å². The second kappa shape index (κ2) is 12.3. The zero-order valence-electron chi connectivity index (χ0n) is 20.9. The van der Waals surface area contributed by atoms with Gasteiger partial charge in [-0.05, 0) is 68.1 Å². The molecule has 2 aromatic carbocycles. The minimum Gasteiger partial charge on any atom is -0.494 e. The Morgan fingerprint density at radius 2 is 1.30 bits per heavy atom. The van der Waals surface area contributed by atoms with Gasteiger partial charge in [-0.2, -0.15) is 0 Å². The lowest BCUT2D eigenvalue weighted by molar-refractivity contribution is 0.0894. The maximum Gasteiger partial charge on any atom is 0.335 e. The summed E-state index contributed by atoms with van der Waals surface area (Å²) in [6, 6.07) is 15.4. The second-order valence-electron chi connectivity index (χ2n) is 9.33. The standard InChI is InChI=1S/C27H38O5Si/c1-7-31-33(6,32-8-2)19-9-18-30-24-16-12-22(13-17-24)26(29)20-25(28)21-10-14-23(15-11-21)27(3,4)5/h10-17H,7-9,18-20H2,1-6H3. The van der Waals surface area contributed by atoms with E-state index in [2.05, 4.69) is 27.3 Å². The first-order valence-corrected chi connectivity index (χ1v) is 14.3. The maximum atomic E-state index is 12.6. The third-order valence-corrected chi connectivity index (χ3v) is 8.57. The van der Waals surface area contributed by atoms with E-state index in [1.54, 1.807) is 36.4 Å². The zero-order valence-corrected chi connectivity index (χ0v) is 21.9. The predicted octanol–water partition coefficient (Wildman–Crippen LogP) is 6.35. The van der Waals surface area contributed by atoms with Crippen molar-refractivity contribution in [2.75, 3.05) is 19.8 Å². The van der Waals surface area contributed by atoms with Crippen molar-refractivity contribution >= 4 is 20.1 Å². The molecular weight excluding hydrogens is 432 g/mol. The Balaban J connectivity index is 1.85. The fourth-order valence-electron chi connectivity index (χ4n) is 3.62. The van der Waals surface area contributed by atoms with Crippen LogP contribution in [0.15, 0.2) is 48.5 Å². The largest absolute Gasteiger partial charge is 0.494 e. The number of ether oxygens (including phenoxy) is 1. The first-order valence-electron chi connectivity index (χ1n) is 11.8. The van der Waals surface area contributed by atoms with Gasteiger partial charge in [-0.15, -0.1) is 0 Å². The summed E-state index contributed by atoms with van der Waals surface area (Å²) in [7, 11) is -2.12. The fourth-order valence-corrected chi connectivity index (χ4v) is 6.00. The van der Waals surface area contributed by atoms with E-state index in [1.165, 1.54) is 0 Å². The lowest BCUT2D eigenvalue weighted by Crippen LogP contribution is -2.38. The van der Waals surface area contributed by atoms with Crippen LogP contribution in [0.4, 0.5) is 0 Å². The molecule has 0 fully saturated rings. The van der Waals surface area contributed by atoms with Crippen LogP contribution in [0.2, 0.25) is 12.6 Å². The van der Waals surface area contributed by atoms with Crippen molar-refractivity contribution in [3.8, 4) is 5.75 Å². The van der Waals surface area contributed by atoms with Crippen LogP contribution in [0.1, 0.15) is 73.7 Å². The summed E-state index contributed by atoms with van der Waals surface area (Å²) >= 11 is 0. The van der Waals surface area contributed by atoms with Crippen molar-refractivity contribution in [2.45, 2.75) is 65.5 Å². The van der Waals surface area contributed by atoms with Gasteiger partial charge in [-0.1, -0.05) is 45.0 Å². The van der Waals surface area contributed by atoms with Gasteiger partial charge in [0.25, 0.3) is 0 Å². The Labute approximate surface area is 199 Å². The Kier molecular flexibility index (Phi) is 10.0. The lowest BCUT2D eigenvalue weighted by Gasteiger charge is -2.25. The molecule has 0 aromatic heterocycles. The Hall–Kier alpha value is -2.28. The molecule has 0 saturated heterocycles. The van der Waals surface area contributed by atoms with Crippen molar-refractivity contribution in [3.05, 3.63) is 65.2 Å². The van der Waals surface area contributed by atoms with Crippen molar-refractivity contribution in [3.63, 3.8) is 0 Å². The van der Waals surface area contributed by atoms with E-state index in [9.17, 15) is 9.59 Å². The van der Waals surface area contributed by atoms with Crippen molar-refractivity contribution < 1.29 is 23.2 Å². The number of carbonyl (C=O) groups excluding carboxylic acids is 2. The minimum atomic E-state index is -2.12. The molecule has 0 N–H and O–H groups in total. The topological polar surface area (TPSA) is 61.8 Å². The highest BCUT2D eigenvalue weighted by molar-refractivity contribution is 6.66. The molecule has 33 heavy (non-hydrogen) atoms. The Bertz CT molecular complexity index is 892. The van der Waals surface area contributed by atoms with Gasteiger partial charge in [-0.3, -0.25) is 9.59 Å². The average molecular weight is 471 g/mol. The van der Waals surface area contributed by atoms with Crippen molar-refractivity contribution in [2.24, 2.45) is 0 Å². The molecule has 0 aliphatic heterocycles. The van der Waals surface area contributed by atoms with Crippen LogP contribution >= 0.6 is 0 Å². The maximum absolute atomic E-state index is 12.6. The molecule has 0 bridgehead atoms. The number of ketones is 2. The van der Waals surface area contributed by atoms with Gasteiger partial charge in [0.2, 0.25) is 0 Å². The highest BCUT2D eigenvalue weighted by Crippen LogP contribution is 2.23. The minimum absolute atomic E-state index is 0.0232. The van der Waals surface area contributed by atoms with Crippen LogP contribution in [0.25, 0.3) is 0 Å². The lowest BCUT2D eigenvalue weighted by atomic mass is 9.86. The van der Waals surface area contributed by atoms with Crippen LogP contribution < -0.4 is 4.74 Å². The van der Waals surface area contributed by atoms with Crippen LogP contribution in [0, 0.1) is 0 Å². The molecule has 0 unspecified atom stereocenters. The number of benzene rings is 2. The molecule has 0 saturated carbocycles. The summed E-state index contributed by atoms with van der Waals surface area (Å²) in [5.74, 6) is 0.338. The second-order valence-corrected chi connectivity index (χ2v) is 12.7. The number of carbonyl (C=O) groups is 2. The molecule has 2 rings (SSSR count). The van der Waals surface area contributed by atoms with Crippen LogP contribution in [0.5, 0.6) is 5.75 Å². The van der Waals surface area contributed by atoms with Crippen LogP contribution in [0.3, 0.4) is 0 Å². The molecule has 0 heterocycles. The number of hydrogen-bond acceptors (Lipinski definition) is 5. The van der Waals surface area contributed by atoms with Gasteiger partial charge >= 0.3 is 8.56 Å². The van der Waals surface area contributed by atoms with E-state index in [1.807, 2.05) is 26.0 Å². The van der Waals surface area contributed by atoms with Gasteiger partial charge in [0.15, 0.2) is 11.6 Å². The van der Waals surface area contributed by atoms with Gasteiger partial charge in [-0.25, -0.2) is 0 Å². The summed E-state index contributed by atoms with van der Waals surface area (Å²) in [5.41, 5.74) is 2.25. The van der Waals surface area contributed by atoms with E-state index >= 15 is 0 Å². The SMILES string of the molecule is CCO[Si](C)(CCCOc1ccc(C(=O)CC(=O)c2ccc(C(C)(C)C)cc2)cc1)OCC. The molecule has 2 aromatic rings. The molecule has 5 nitrogen and oxygen atoms in total. The molecule has 6 heteroatoms. The number of hydrogen-bond donors (Lipinski definition) is 0. The zero-order chi connectivity index (χ0) is 24.5. The summed E-state index contributed by atoms with van der Waals surface area (Å²) in [6.07, 6.45) is 0.693. The third-order valence-electron chi connectivity index (χ3n) is 5.51. The monoisotopic (exact) mass is 470 g/mol. The summed E-state index contributed by atoms with van der Waals surface area (Å²) < 4.78 is 17.5. The highest BCUT2D eigenvalue weighted by Gasteiger charge is 2.30. The normalized spacial score (nSPS) is 11.9. The van der Waals surface area contributed by atoms with E-state index < -0.39 is 8.56 Å². The number of Topliss-reactive ketones (excluding diaryl/α,β-unsaturated/α-hetero) is 2. The Morgan fingerprint density at radius 1 is 0.818 bits per heavy atom. The summed E-state index contributed by atoms with van der Waals surface area (Å²) in [6.45, 7) is 14.3. The summed E-state index contributed by atoms with van der Waals surface area (Å²) in [4.78, 5) is 25.1. The Morgan fingerprint density at radius 3 is 1.76 bits per heavy atom. The van der Waals surface area contributed by atoms with Gasteiger partial charge in [0, 0.05) is 24.3 Å². The van der Waals surface area contributed by atoms with Crippen LogP contribution in [-0.2, 0) is 14.3 Å². The van der Waals surface area contributed by atoms with Gasteiger partial charge < -0.3 is 13.6 Å².